The molecule has 0 aromatic heterocycles. The van der Waals surface area contributed by atoms with E-state index in [9.17, 15) is 9.50 Å². The third-order valence-corrected chi connectivity index (χ3v) is 2.84. The van der Waals surface area contributed by atoms with Gasteiger partial charge in [0.15, 0.2) is 0 Å². The first-order valence-corrected chi connectivity index (χ1v) is 5.00. The van der Waals surface area contributed by atoms with Crippen molar-refractivity contribution in [3.05, 3.63) is 29.6 Å². The fourth-order valence-electron chi connectivity index (χ4n) is 1.94. The number of epoxide rings is 1. The first-order valence-electron chi connectivity index (χ1n) is 5.00. The van der Waals surface area contributed by atoms with Crippen LogP contribution in [0.25, 0.3) is 0 Å². The van der Waals surface area contributed by atoms with E-state index in [2.05, 4.69) is 0 Å². The Kier molecular flexibility index (Phi) is 1.94. The lowest BCUT2D eigenvalue weighted by molar-refractivity contribution is 0.0504. The van der Waals surface area contributed by atoms with E-state index in [0.29, 0.717) is 24.3 Å². The Morgan fingerprint density at radius 1 is 1.33 bits per heavy atom. The van der Waals surface area contributed by atoms with Crippen molar-refractivity contribution in [1.82, 2.24) is 0 Å². The van der Waals surface area contributed by atoms with Gasteiger partial charge < -0.3 is 14.6 Å². The highest BCUT2D eigenvalue weighted by atomic mass is 19.1. The van der Waals surface area contributed by atoms with Crippen molar-refractivity contribution in [2.24, 2.45) is 0 Å². The van der Waals surface area contributed by atoms with Crippen LogP contribution in [0.15, 0.2) is 18.2 Å². The molecule has 1 unspecified atom stereocenters. The highest BCUT2D eigenvalue weighted by molar-refractivity contribution is 5.37. The largest absolute Gasteiger partial charge is 0.487 e. The molecule has 4 heteroatoms. The van der Waals surface area contributed by atoms with Gasteiger partial charge in [0.05, 0.1) is 12.7 Å². The Hall–Kier alpha value is -1.13. The molecular formula is C11H11FO3. The highest BCUT2D eigenvalue weighted by Gasteiger charge is 2.39. The smallest absolute Gasteiger partial charge is 0.130 e. The van der Waals surface area contributed by atoms with E-state index in [1.807, 2.05) is 0 Å². The predicted octanol–water partition coefficient (Wildman–Crippen LogP) is 1.41. The fraction of sp³-hybridized carbons (Fsp3) is 0.455. The van der Waals surface area contributed by atoms with Gasteiger partial charge >= 0.3 is 0 Å². The number of halogens is 1. The van der Waals surface area contributed by atoms with Crippen LogP contribution >= 0.6 is 0 Å². The summed E-state index contributed by atoms with van der Waals surface area (Å²) in [4.78, 5) is 0. The van der Waals surface area contributed by atoms with Crippen molar-refractivity contribution in [1.29, 1.82) is 0 Å². The number of rotatable bonds is 1. The molecule has 3 nitrogen and oxygen atoms in total. The summed E-state index contributed by atoms with van der Waals surface area (Å²) in [5.74, 6) is 0.216. The Labute approximate surface area is 86.4 Å². The molecule has 1 aromatic rings. The van der Waals surface area contributed by atoms with E-state index in [-0.39, 0.29) is 18.0 Å². The van der Waals surface area contributed by atoms with E-state index < -0.39 is 6.10 Å². The van der Waals surface area contributed by atoms with Crippen molar-refractivity contribution in [2.75, 3.05) is 6.61 Å². The number of aliphatic hydroxyl groups is 1. The molecule has 2 aliphatic heterocycles. The van der Waals surface area contributed by atoms with Gasteiger partial charge in [-0.15, -0.1) is 0 Å². The average molecular weight is 210 g/mol. The standard InChI is InChI=1S/C11H11FO3/c12-6-1-2-9-7(3-6)8(13)4-10(15-9)11-5-14-11/h1-3,8,10-11,13H,4-5H2/t8-,10?,11+/m1/s1. The molecule has 0 bridgehead atoms. The fourth-order valence-corrected chi connectivity index (χ4v) is 1.94. The Morgan fingerprint density at radius 3 is 2.87 bits per heavy atom. The van der Waals surface area contributed by atoms with Gasteiger partial charge in [-0.05, 0) is 18.2 Å². The minimum absolute atomic E-state index is 0.0952. The maximum atomic E-state index is 12.9. The van der Waals surface area contributed by atoms with Crippen molar-refractivity contribution in [3.63, 3.8) is 0 Å². The lowest BCUT2D eigenvalue weighted by atomic mass is 9.97. The lowest BCUT2D eigenvalue weighted by Gasteiger charge is -2.28. The Bertz CT molecular complexity index is 389. The molecule has 0 radical (unpaired) electrons. The second-order valence-corrected chi connectivity index (χ2v) is 3.96. The number of hydrogen-bond acceptors (Lipinski definition) is 3. The SMILES string of the molecule is O[C@@H]1CC([C@@H]2CO2)Oc2ccc(F)cc21. The van der Waals surface area contributed by atoms with Gasteiger partial charge in [0.1, 0.15) is 23.8 Å². The lowest BCUT2D eigenvalue weighted by Crippen LogP contribution is -2.30. The molecule has 0 saturated carbocycles. The predicted molar refractivity (Wildman–Crippen MR) is 50.1 cm³/mol. The zero-order valence-electron chi connectivity index (χ0n) is 8.02. The molecular weight excluding hydrogens is 199 g/mol. The van der Waals surface area contributed by atoms with Crippen LogP contribution in [0.3, 0.4) is 0 Å². The number of aliphatic hydroxyl groups excluding tert-OH is 1. The molecule has 2 heterocycles. The van der Waals surface area contributed by atoms with Crippen molar-refractivity contribution >= 4 is 0 Å². The number of ether oxygens (including phenoxy) is 2. The van der Waals surface area contributed by atoms with Crippen LogP contribution in [-0.2, 0) is 4.74 Å². The molecule has 0 amide bonds. The van der Waals surface area contributed by atoms with E-state index in [4.69, 9.17) is 9.47 Å². The summed E-state index contributed by atoms with van der Waals surface area (Å²) in [7, 11) is 0. The van der Waals surface area contributed by atoms with Crippen LogP contribution < -0.4 is 4.74 Å². The minimum atomic E-state index is -0.654. The zero-order valence-corrected chi connectivity index (χ0v) is 8.02. The van der Waals surface area contributed by atoms with Crippen molar-refractivity contribution in [2.45, 2.75) is 24.7 Å². The van der Waals surface area contributed by atoms with Crippen LogP contribution in [0.5, 0.6) is 5.75 Å². The van der Waals surface area contributed by atoms with Gasteiger partial charge in [0, 0.05) is 12.0 Å². The Balaban J connectivity index is 1.93. The van der Waals surface area contributed by atoms with Gasteiger partial charge in [-0.2, -0.15) is 0 Å². The molecule has 3 atom stereocenters. The van der Waals surface area contributed by atoms with Gasteiger partial charge in [0.2, 0.25) is 0 Å². The van der Waals surface area contributed by atoms with E-state index in [1.165, 1.54) is 12.1 Å². The third-order valence-electron chi connectivity index (χ3n) is 2.84. The van der Waals surface area contributed by atoms with E-state index >= 15 is 0 Å². The summed E-state index contributed by atoms with van der Waals surface area (Å²) >= 11 is 0. The molecule has 1 saturated heterocycles. The molecule has 0 spiro atoms. The topological polar surface area (TPSA) is 42.0 Å². The maximum Gasteiger partial charge on any atom is 0.130 e. The first-order chi connectivity index (χ1) is 7.24. The summed E-state index contributed by atoms with van der Waals surface area (Å²) in [5.41, 5.74) is 0.534. The summed E-state index contributed by atoms with van der Waals surface area (Å²) < 4.78 is 23.7. The maximum absolute atomic E-state index is 12.9. The summed E-state index contributed by atoms with van der Waals surface area (Å²) in [6, 6.07) is 4.22. The second-order valence-electron chi connectivity index (χ2n) is 3.96. The molecule has 80 valence electrons. The van der Waals surface area contributed by atoms with Crippen molar-refractivity contribution < 1.29 is 19.0 Å². The van der Waals surface area contributed by atoms with Crippen LogP contribution in [-0.4, -0.2) is 23.9 Å². The number of fused-ring (bicyclic) bond motifs is 1. The van der Waals surface area contributed by atoms with Crippen LogP contribution in [0.4, 0.5) is 4.39 Å². The number of hydrogen-bond donors (Lipinski definition) is 1. The van der Waals surface area contributed by atoms with Gasteiger partial charge in [0.25, 0.3) is 0 Å². The van der Waals surface area contributed by atoms with E-state index in [1.54, 1.807) is 6.07 Å². The van der Waals surface area contributed by atoms with Gasteiger partial charge in [-0.1, -0.05) is 0 Å². The molecule has 0 aliphatic carbocycles. The molecule has 2 aliphatic rings. The highest BCUT2D eigenvalue weighted by Crippen LogP contribution is 2.38. The molecule has 3 rings (SSSR count). The third kappa shape index (κ3) is 1.60. The normalized spacial score (nSPS) is 33.1. The average Bonchev–Trinajstić information content (AvgIpc) is 3.02. The van der Waals surface area contributed by atoms with Gasteiger partial charge in [-0.25, -0.2) is 4.39 Å². The molecule has 1 N–H and O–H groups in total. The molecule has 15 heavy (non-hydrogen) atoms. The number of benzene rings is 1. The molecule has 1 fully saturated rings. The first kappa shape index (κ1) is 9.12. The zero-order chi connectivity index (χ0) is 10.4. The van der Waals surface area contributed by atoms with Crippen LogP contribution in [0.1, 0.15) is 18.1 Å². The minimum Gasteiger partial charge on any atom is -0.487 e. The van der Waals surface area contributed by atoms with Crippen molar-refractivity contribution in [3.8, 4) is 5.75 Å². The molecule has 1 aromatic carbocycles. The van der Waals surface area contributed by atoms with E-state index in [0.717, 1.165) is 0 Å². The summed E-state index contributed by atoms with van der Waals surface area (Å²) in [6.07, 6.45) is -0.185. The van der Waals surface area contributed by atoms with Crippen LogP contribution in [0.2, 0.25) is 0 Å². The second kappa shape index (κ2) is 3.18. The monoisotopic (exact) mass is 210 g/mol. The summed E-state index contributed by atoms with van der Waals surface area (Å²) in [6.45, 7) is 0.688. The van der Waals surface area contributed by atoms with Crippen LogP contribution in [0, 0.1) is 5.82 Å². The quantitative estimate of drug-likeness (QED) is 0.712. The van der Waals surface area contributed by atoms with Gasteiger partial charge in [-0.3, -0.25) is 0 Å². The summed E-state index contributed by atoms with van der Waals surface area (Å²) in [5, 5.41) is 9.83. The Morgan fingerprint density at radius 2 is 2.13 bits per heavy atom.